The first-order valence-corrected chi connectivity index (χ1v) is 6.46. The Balaban J connectivity index is 2.25. The molecule has 0 radical (unpaired) electrons. The molecular weight excluding hydrogens is 290 g/mol. The summed E-state index contributed by atoms with van der Waals surface area (Å²) in [6.07, 6.45) is -0.505. The van der Waals surface area contributed by atoms with Gasteiger partial charge in [0.1, 0.15) is 11.0 Å². The fraction of sp³-hybridized carbons (Fsp3) is 0.308. The maximum absolute atomic E-state index is 13.1. The van der Waals surface area contributed by atoms with Gasteiger partial charge in [0, 0.05) is 19.0 Å². The highest BCUT2D eigenvalue weighted by atomic mass is 35.5. The smallest absolute Gasteiger partial charge is 0.141 e. The summed E-state index contributed by atoms with van der Waals surface area (Å²) in [5.41, 5.74) is 2.00. The molecule has 2 aromatic rings. The third kappa shape index (κ3) is 2.91. The molecule has 1 atom stereocenters. The van der Waals surface area contributed by atoms with Crippen LogP contribution in [-0.4, -0.2) is 14.9 Å². The second-order valence-electron chi connectivity index (χ2n) is 4.38. The maximum atomic E-state index is 13.1. The van der Waals surface area contributed by atoms with Crippen molar-refractivity contribution in [1.29, 1.82) is 0 Å². The number of halogens is 3. The lowest BCUT2D eigenvalue weighted by molar-refractivity contribution is 0.178. The number of aromatic nitrogens is 2. The van der Waals surface area contributed by atoms with Gasteiger partial charge in [-0.2, -0.15) is 5.10 Å². The van der Waals surface area contributed by atoms with Gasteiger partial charge in [-0.05, 0) is 24.6 Å². The molecule has 1 aromatic carbocycles. The van der Waals surface area contributed by atoms with Crippen LogP contribution in [0.5, 0.6) is 0 Å². The Morgan fingerprint density at radius 2 is 2.11 bits per heavy atom. The van der Waals surface area contributed by atoms with Gasteiger partial charge in [0.05, 0.1) is 16.8 Å². The van der Waals surface area contributed by atoms with Crippen LogP contribution in [0.4, 0.5) is 4.39 Å². The minimum absolute atomic E-state index is 0.0405. The third-order valence-electron chi connectivity index (χ3n) is 2.94. The highest BCUT2D eigenvalue weighted by Gasteiger charge is 2.20. The highest BCUT2D eigenvalue weighted by molar-refractivity contribution is 6.31. The summed E-state index contributed by atoms with van der Waals surface area (Å²) in [4.78, 5) is 0. The highest BCUT2D eigenvalue weighted by Crippen LogP contribution is 2.29. The van der Waals surface area contributed by atoms with Gasteiger partial charge in [-0.1, -0.05) is 29.3 Å². The van der Waals surface area contributed by atoms with Crippen LogP contribution in [0, 0.1) is 12.7 Å². The Morgan fingerprint density at radius 1 is 1.42 bits per heavy atom. The zero-order valence-electron chi connectivity index (χ0n) is 10.5. The molecule has 0 amide bonds. The van der Waals surface area contributed by atoms with Gasteiger partial charge in [-0.15, -0.1) is 0 Å². The first-order valence-electron chi connectivity index (χ1n) is 5.71. The Bertz CT molecular complexity index is 613. The summed E-state index contributed by atoms with van der Waals surface area (Å²) in [6, 6.07) is 4.37. The van der Waals surface area contributed by atoms with E-state index < -0.39 is 11.9 Å². The second kappa shape index (κ2) is 5.49. The van der Waals surface area contributed by atoms with Crippen LogP contribution in [0.3, 0.4) is 0 Å². The molecule has 19 heavy (non-hydrogen) atoms. The SMILES string of the molecule is Cc1nn(C)c(Cl)c1C(O)Cc1ccc(F)c(Cl)c1. The molecule has 1 N–H and O–H groups in total. The summed E-state index contributed by atoms with van der Waals surface area (Å²) >= 11 is 11.8. The number of aliphatic hydroxyl groups is 1. The summed E-state index contributed by atoms with van der Waals surface area (Å²) in [6.45, 7) is 1.78. The van der Waals surface area contributed by atoms with Crippen LogP contribution in [0.25, 0.3) is 0 Å². The standard InChI is InChI=1S/C13H13Cl2FN2O/c1-7-12(13(15)18(2)17-7)11(19)6-8-3-4-10(16)9(14)5-8/h3-5,11,19H,6H2,1-2H3. The number of benzene rings is 1. The van der Waals surface area contributed by atoms with E-state index in [1.807, 2.05) is 0 Å². The molecule has 1 unspecified atom stereocenters. The molecule has 102 valence electrons. The Labute approximate surface area is 120 Å². The molecule has 6 heteroatoms. The van der Waals surface area contributed by atoms with Crippen LogP contribution in [-0.2, 0) is 13.5 Å². The predicted octanol–water partition coefficient (Wildman–Crippen LogP) is 3.45. The molecule has 1 aromatic heterocycles. The van der Waals surface area contributed by atoms with Crippen LogP contribution in [0.2, 0.25) is 10.2 Å². The lowest BCUT2D eigenvalue weighted by Gasteiger charge is -2.11. The van der Waals surface area contributed by atoms with E-state index in [1.165, 1.54) is 16.8 Å². The van der Waals surface area contributed by atoms with Crippen LogP contribution >= 0.6 is 23.2 Å². The molecule has 0 saturated heterocycles. The maximum Gasteiger partial charge on any atom is 0.141 e. The Kier molecular flexibility index (Phi) is 4.13. The van der Waals surface area contributed by atoms with Gasteiger partial charge >= 0.3 is 0 Å². The monoisotopic (exact) mass is 302 g/mol. The van der Waals surface area contributed by atoms with Crippen LogP contribution in [0.15, 0.2) is 18.2 Å². The van der Waals surface area contributed by atoms with Crippen molar-refractivity contribution >= 4 is 23.2 Å². The number of rotatable bonds is 3. The van der Waals surface area contributed by atoms with Crippen molar-refractivity contribution in [3.8, 4) is 0 Å². The van der Waals surface area contributed by atoms with Crippen molar-refractivity contribution in [3.63, 3.8) is 0 Å². The normalized spacial score (nSPS) is 12.7. The lowest BCUT2D eigenvalue weighted by atomic mass is 10.0. The van der Waals surface area contributed by atoms with E-state index in [9.17, 15) is 9.50 Å². The van der Waals surface area contributed by atoms with Crippen molar-refractivity contribution in [2.45, 2.75) is 19.4 Å². The fourth-order valence-electron chi connectivity index (χ4n) is 2.02. The topological polar surface area (TPSA) is 38.0 Å². The molecule has 0 aliphatic carbocycles. The number of hydrogen-bond donors (Lipinski definition) is 1. The summed E-state index contributed by atoms with van der Waals surface area (Å²) in [5, 5.41) is 14.8. The van der Waals surface area contributed by atoms with Gasteiger partial charge < -0.3 is 5.11 Å². The average Bonchev–Trinajstić information content (AvgIpc) is 2.58. The van der Waals surface area contributed by atoms with E-state index in [2.05, 4.69) is 5.10 Å². The fourth-order valence-corrected chi connectivity index (χ4v) is 2.52. The molecule has 3 nitrogen and oxygen atoms in total. The van der Waals surface area contributed by atoms with Gasteiger partial charge in [0.15, 0.2) is 0 Å². The van der Waals surface area contributed by atoms with E-state index in [4.69, 9.17) is 23.2 Å². The van der Waals surface area contributed by atoms with Gasteiger partial charge in [0.2, 0.25) is 0 Å². The van der Waals surface area contributed by atoms with Crippen molar-refractivity contribution in [2.75, 3.05) is 0 Å². The molecule has 1 heterocycles. The van der Waals surface area contributed by atoms with Crippen molar-refractivity contribution in [3.05, 3.63) is 51.0 Å². The summed E-state index contributed by atoms with van der Waals surface area (Å²) in [5.74, 6) is -0.476. The molecule has 0 aliphatic heterocycles. The Morgan fingerprint density at radius 3 is 2.63 bits per heavy atom. The molecule has 0 bridgehead atoms. The van der Waals surface area contributed by atoms with Gasteiger partial charge in [-0.3, -0.25) is 4.68 Å². The quantitative estimate of drug-likeness (QED) is 0.943. The number of hydrogen-bond acceptors (Lipinski definition) is 2. The zero-order valence-corrected chi connectivity index (χ0v) is 12.0. The van der Waals surface area contributed by atoms with E-state index in [0.717, 1.165) is 5.56 Å². The molecule has 0 aliphatic rings. The number of aliphatic hydroxyl groups excluding tert-OH is 1. The van der Waals surface area contributed by atoms with E-state index >= 15 is 0 Å². The molecule has 2 rings (SSSR count). The van der Waals surface area contributed by atoms with Gasteiger partial charge in [0.25, 0.3) is 0 Å². The Hall–Kier alpha value is -1.10. The van der Waals surface area contributed by atoms with Crippen LogP contribution in [0.1, 0.15) is 22.9 Å². The van der Waals surface area contributed by atoms with Gasteiger partial charge in [-0.25, -0.2) is 4.39 Å². The minimum atomic E-state index is -0.803. The largest absolute Gasteiger partial charge is 0.388 e. The van der Waals surface area contributed by atoms with E-state index in [-0.39, 0.29) is 5.02 Å². The number of aryl methyl sites for hydroxylation is 2. The molecular formula is C13H13Cl2FN2O. The predicted molar refractivity (Wildman–Crippen MR) is 73.0 cm³/mol. The third-order valence-corrected chi connectivity index (χ3v) is 3.68. The molecule has 0 spiro atoms. The first kappa shape index (κ1) is 14.3. The van der Waals surface area contributed by atoms with Crippen molar-refractivity contribution in [1.82, 2.24) is 9.78 Å². The van der Waals surface area contributed by atoms with Crippen molar-refractivity contribution in [2.24, 2.45) is 7.05 Å². The number of nitrogens with zero attached hydrogens (tertiary/aromatic N) is 2. The van der Waals surface area contributed by atoms with Crippen molar-refractivity contribution < 1.29 is 9.50 Å². The molecule has 0 fully saturated rings. The summed E-state index contributed by atoms with van der Waals surface area (Å²) < 4.78 is 14.6. The summed E-state index contributed by atoms with van der Waals surface area (Å²) in [7, 11) is 1.71. The average molecular weight is 303 g/mol. The van der Waals surface area contributed by atoms with E-state index in [1.54, 1.807) is 20.0 Å². The second-order valence-corrected chi connectivity index (χ2v) is 5.15. The molecule has 0 saturated carbocycles. The zero-order chi connectivity index (χ0) is 14.2. The minimum Gasteiger partial charge on any atom is -0.388 e. The first-order chi connectivity index (χ1) is 8.90. The van der Waals surface area contributed by atoms with Crippen LogP contribution < -0.4 is 0 Å². The van der Waals surface area contributed by atoms with E-state index in [0.29, 0.717) is 22.8 Å². The lowest BCUT2D eigenvalue weighted by Crippen LogP contribution is -2.03.